The van der Waals surface area contributed by atoms with Crippen molar-refractivity contribution in [1.29, 1.82) is 0 Å². The summed E-state index contributed by atoms with van der Waals surface area (Å²) in [6, 6.07) is 12.8. The summed E-state index contributed by atoms with van der Waals surface area (Å²) in [5.74, 6) is 0.304. The van der Waals surface area contributed by atoms with Gasteiger partial charge in [0.15, 0.2) is 11.5 Å². The summed E-state index contributed by atoms with van der Waals surface area (Å²) < 4.78 is 6.85. The molecule has 0 atom stereocenters. The summed E-state index contributed by atoms with van der Waals surface area (Å²) in [4.78, 5) is 31.9. The Labute approximate surface area is 189 Å². The van der Waals surface area contributed by atoms with E-state index in [4.69, 9.17) is 16.0 Å². The van der Waals surface area contributed by atoms with Gasteiger partial charge in [0.25, 0.3) is 5.56 Å². The molecule has 0 saturated heterocycles. The first-order valence-corrected chi connectivity index (χ1v) is 10.8. The molecule has 0 spiro atoms. The van der Waals surface area contributed by atoms with Crippen LogP contribution in [0, 0.1) is 6.92 Å². The van der Waals surface area contributed by atoms with Crippen molar-refractivity contribution in [3.63, 3.8) is 0 Å². The third-order valence-corrected chi connectivity index (χ3v) is 6.08. The molecular formula is C24H21ClN4O3. The molecule has 8 heteroatoms. The molecule has 5 rings (SSSR count). The van der Waals surface area contributed by atoms with Crippen LogP contribution in [0.2, 0.25) is 5.02 Å². The minimum absolute atomic E-state index is 0.163. The third-order valence-electron chi connectivity index (χ3n) is 5.84. The first-order valence-electron chi connectivity index (χ1n) is 10.4. The molecular weight excluding hydrogens is 428 g/mol. The minimum atomic E-state index is -0.259. The Balaban J connectivity index is 1.49. The highest BCUT2D eigenvalue weighted by atomic mass is 35.5. The molecule has 1 aliphatic carbocycles. The van der Waals surface area contributed by atoms with Gasteiger partial charge in [-0.15, -0.1) is 0 Å². The van der Waals surface area contributed by atoms with E-state index in [2.05, 4.69) is 10.1 Å². The van der Waals surface area contributed by atoms with Gasteiger partial charge in [-0.1, -0.05) is 23.7 Å². The number of hydrogen-bond donors (Lipinski definition) is 0. The van der Waals surface area contributed by atoms with Crippen LogP contribution in [0.5, 0.6) is 0 Å². The number of aryl methyl sites for hydroxylation is 1. The van der Waals surface area contributed by atoms with Crippen molar-refractivity contribution in [2.75, 3.05) is 11.9 Å². The fraction of sp³-hybridized carbons (Fsp3) is 0.250. The molecule has 0 aliphatic heterocycles. The molecule has 1 amide bonds. The molecule has 0 bridgehead atoms. The van der Waals surface area contributed by atoms with E-state index in [-0.39, 0.29) is 18.0 Å². The van der Waals surface area contributed by atoms with E-state index in [9.17, 15) is 9.59 Å². The first-order chi connectivity index (χ1) is 15.4. The summed E-state index contributed by atoms with van der Waals surface area (Å²) in [5.41, 5.74) is 5.05. The first kappa shape index (κ1) is 20.5. The summed E-state index contributed by atoms with van der Waals surface area (Å²) in [6.07, 6.45) is 2.38. The van der Waals surface area contributed by atoms with Gasteiger partial charge in [0.2, 0.25) is 5.91 Å². The second kappa shape index (κ2) is 7.91. The Morgan fingerprint density at radius 1 is 1.19 bits per heavy atom. The molecule has 2 aromatic carbocycles. The number of carbonyl (C=O) groups is 1. The van der Waals surface area contributed by atoms with Gasteiger partial charge in [0, 0.05) is 41.9 Å². The largest absolute Gasteiger partial charge is 0.441 e. The maximum atomic E-state index is 13.1. The topological polar surface area (TPSA) is 81.2 Å². The minimum Gasteiger partial charge on any atom is -0.441 e. The van der Waals surface area contributed by atoms with Gasteiger partial charge in [-0.25, -0.2) is 9.67 Å². The van der Waals surface area contributed by atoms with E-state index in [1.165, 1.54) is 9.58 Å². The number of amides is 1. The monoisotopic (exact) mass is 448 g/mol. The summed E-state index contributed by atoms with van der Waals surface area (Å²) in [7, 11) is 1.67. The van der Waals surface area contributed by atoms with Crippen molar-refractivity contribution in [2.24, 2.45) is 0 Å². The van der Waals surface area contributed by atoms with E-state index >= 15 is 0 Å². The van der Waals surface area contributed by atoms with Crippen LogP contribution in [0.4, 0.5) is 5.69 Å². The number of aromatic nitrogens is 3. The molecule has 0 saturated carbocycles. The second-order valence-corrected chi connectivity index (χ2v) is 8.41. The molecule has 1 aliphatic rings. The van der Waals surface area contributed by atoms with Crippen LogP contribution in [0.3, 0.4) is 0 Å². The summed E-state index contributed by atoms with van der Waals surface area (Å²) in [5, 5.41) is 5.19. The van der Waals surface area contributed by atoms with Gasteiger partial charge < -0.3 is 9.32 Å². The van der Waals surface area contributed by atoms with E-state index in [1.807, 2.05) is 24.3 Å². The number of oxazole rings is 1. The van der Waals surface area contributed by atoms with E-state index < -0.39 is 0 Å². The van der Waals surface area contributed by atoms with Gasteiger partial charge in [-0.2, -0.15) is 5.10 Å². The third kappa shape index (κ3) is 3.58. The summed E-state index contributed by atoms with van der Waals surface area (Å²) in [6.45, 7) is 1.61. The van der Waals surface area contributed by atoms with Crippen molar-refractivity contribution in [3.05, 3.63) is 74.9 Å². The van der Waals surface area contributed by atoms with Gasteiger partial charge in [-0.05, 0) is 49.1 Å². The van der Waals surface area contributed by atoms with Crippen molar-refractivity contribution in [2.45, 2.75) is 32.7 Å². The van der Waals surface area contributed by atoms with Crippen LogP contribution in [0.25, 0.3) is 22.4 Å². The fourth-order valence-corrected chi connectivity index (χ4v) is 4.40. The van der Waals surface area contributed by atoms with Gasteiger partial charge in [-0.3, -0.25) is 9.59 Å². The fourth-order valence-electron chi connectivity index (χ4n) is 4.21. The zero-order valence-electron chi connectivity index (χ0n) is 17.8. The molecule has 0 N–H and O–H groups in total. The van der Waals surface area contributed by atoms with Crippen LogP contribution < -0.4 is 10.5 Å². The number of carbonyl (C=O) groups excluding carboxylic acids is 1. The van der Waals surface area contributed by atoms with Gasteiger partial charge in [0.1, 0.15) is 12.1 Å². The maximum absolute atomic E-state index is 13.1. The lowest BCUT2D eigenvalue weighted by atomic mass is 10.0. The molecule has 0 radical (unpaired) electrons. The number of halogens is 1. The number of anilines is 1. The predicted molar refractivity (Wildman–Crippen MR) is 123 cm³/mol. The Bertz CT molecular complexity index is 1420. The lowest BCUT2D eigenvalue weighted by Gasteiger charge is -2.18. The van der Waals surface area contributed by atoms with E-state index in [1.54, 1.807) is 32.2 Å². The highest BCUT2D eigenvalue weighted by molar-refractivity contribution is 6.30. The van der Waals surface area contributed by atoms with Crippen LogP contribution in [0.1, 0.15) is 23.4 Å². The molecule has 2 heterocycles. The van der Waals surface area contributed by atoms with Crippen molar-refractivity contribution >= 4 is 34.3 Å². The quantitative estimate of drug-likeness (QED) is 0.468. The van der Waals surface area contributed by atoms with Crippen LogP contribution >= 0.6 is 11.6 Å². The number of nitrogens with zero attached hydrogens (tertiary/aromatic N) is 4. The Kier molecular flexibility index (Phi) is 5.06. The lowest BCUT2D eigenvalue weighted by molar-refractivity contribution is -0.119. The Morgan fingerprint density at radius 3 is 2.81 bits per heavy atom. The number of hydrogen-bond acceptors (Lipinski definition) is 5. The van der Waals surface area contributed by atoms with Gasteiger partial charge in [0.05, 0.1) is 5.69 Å². The van der Waals surface area contributed by atoms with Crippen LogP contribution in [-0.2, 0) is 24.2 Å². The molecule has 32 heavy (non-hydrogen) atoms. The van der Waals surface area contributed by atoms with Crippen LogP contribution in [-0.4, -0.2) is 27.7 Å². The maximum Gasteiger partial charge on any atom is 0.270 e. The van der Waals surface area contributed by atoms with Crippen molar-refractivity contribution in [3.8, 4) is 11.3 Å². The average molecular weight is 449 g/mol. The lowest BCUT2D eigenvalue weighted by Crippen LogP contribution is -2.36. The molecule has 7 nitrogen and oxygen atoms in total. The smallest absolute Gasteiger partial charge is 0.270 e. The highest BCUT2D eigenvalue weighted by Crippen LogP contribution is 2.30. The zero-order valence-corrected chi connectivity index (χ0v) is 18.5. The SMILES string of the molecule is Cc1nc2ccc(N(C)C(=O)Cn3nc(-c4cccc(Cl)c4)c4c(c3=O)CCC4)cc2o1. The molecule has 0 unspecified atom stereocenters. The number of likely N-dealkylation sites (N-methyl/N-ethyl adjacent to an activating group) is 1. The molecule has 0 fully saturated rings. The molecule has 4 aromatic rings. The van der Waals surface area contributed by atoms with Crippen molar-refractivity contribution in [1.82, 2.24) is 14.8 Å². The normalized spacial score (nSPS) is 12.8. The number of benzene rings is 2. The summed E-state index contributed by atoms with van der Waals surface area (Å²) >= 11 is 6.18. The Hall–Kier alpha value is -3.45. The second-order valence-electron chi connectivity index (χ2n) is 7.97. The zero-order chi connectivity index (χ0) is 22.4. The average Bonchev–Trinajstić information content (AvgIpc) is 3.40. The standard InChI is InChI=1S/C24H21ClN4O3/c1-14-26-20-10-9-17(12-21(20)32-14)28(2)22(30)13-29-24(31)19-8-4-7-18(19)23(27-29)15-5-3-6-16(25)11-15/h3,5-6,9-12H,4,7-8,13H2,1-2H3. The van der Waals surface area contributed by atoms with E-state index in [0.717, 1.165) is 35.0 Å². The van der Waals surface area contributed by atoms with E-state index in [0.29, 0.717) is 34.3 Å². The van der Waals surface area contributed by atoms with Crippen molar-refractivity contribution < 1.29 is 9.21 Å². The number of fused-ring (bicyclic) bond motifs is 2. The highest BCUT2D eigenvalue weighted by Gasteiger charge is 2.24. The Morgan fingerprint density at radius 2 is 2.00 bits per heavy atom. The molecule has 2 aromatic heterocycles. The number of rotatable bonds is 4. The van der Waals surface area contributed by atoms with Gasteiger partial charge >= 0.3 is 0 Å². The molecule has 162 valence electrons. The van der Waals surface area contributed by atoms with Crippen LogP contribution in [0.15, 0.2) is 51.7 Å². The predicted octanol–water partition coefficient (Wildman–Crippen LogP) is 4.17.